The number of aromatic amines is 1. The van der Waals surface area contributed by atoms with Crippen LogP contribution >= 0.6 is 27.3 Å². The van der Waals surface area contributed by atoms with Crippen molar-refractivity contribution in [1.82, 2.24) is 9.97 Å². The lowest BCUT2D eigenvalue weighted by Crippen LogP contribution is -2.17. The predicted molar refractivity (Wildman–Crippen MR) is 89.7 cm³/mol. The van der Waals surface area contributed by atoms with Gasteiger partial charge in [-0.1, -0.05) is 15.9 Å². The first kappa shape index (κ1) is 15.7. The second-order valence-electron chi connectivity index (χ2n) is 4.55. The van der Waals surface area contributed by atoms with Crippen molar-refractivity contribution in [1.29, 1.82) is 0 Å². The number of fused-ring (bicyclic) bond motifs is 1. The largest absolute Gasteiger partial charge is 0.482 e. The molecule has 0 spiro atoms. The van der Waals surface area contributed by atoms with Crippen LogP contribution in [0.5, 0.6) is 5.75 Å². The number of carbonyl (C=O) groups is 1. The topological polar surface area (TPSA) is 81.3 Å². The molecule has 0 radical (unpaired) electrons. The van der Waals surface area contributed by atoms with E-state index in [1.807, 2.05) is 12.1 Å². The Labute approximate surface area is 143 Å². The van der Waals surface area contributed by atoms with E-state index in [1.54, 1.807) is 23.6 Å². The molecule has 23 heavy (non-hydrogen) atoms. The number of H-pyrrole nitrogens is 1. The Hall–Kier alpha value is -2.19. The summed E-state index contributed by atoms with van der Waals surface area (Å²) in [6, 6.07) is 8.84. The van der Waals surface area contributed by atoms with E-state index in [1.165, 1.54) is 11.3 Å². The highest BCUT2D eigenvalue weighted by Gasteiger charge is 2.09. The van der Waals surface area contributed by atoms with Crippen LogP contribution in [0.15, 0.2) is 45.0 Å². The van der Waals surface area contributed by atoms with Gasteiger partial charge in [-0.3, -0.25) is 4.79 Å². The third kappa shape index (κ3) is 3.96. The second kappa shape index (κ2) is 6.93. The number of nitrogens with zero attached hydrogens (tertiary/aromatic N) is 1. The fraction of sp³-hybridized carbons (Fsp3) is 0.133. The Balaban J connectivity index is 1.55. The predicted octanol–water partition coefficient (Wildman–Crippen LogP) is 2.87. The molecule has 0 amide bonds. The Morgan fingerprint density at radius 1 is 1.26 bits per heavy atom. The maximum atomic E-state index is 11.8. The normalized spacial score (nSPS) is 10.7. The molecule has 0 saturated carbocycles. The Morgan fingerprint density at radius 2 is 2.04 bits per heavy atom. The maximum absolute atomic E-state index is 11.8. The summed E-state index contributed by atoms with van der Waals surface area (Å²) in [5.41, 5.74) is 0.359. The van der Waals surface area contributed by atoms with Gasteiger partial charge in [0.1, 0.15) is 22.9 Å². The summed E-state index contributed by atoms with van der Waals surface area (Å²) in [7, 11) is 0. The van der Waals surface area contributed by atoms with Crippen molar-refractivity contribution in [3.8, 4) is 5.75 Å². The first-order valence-corrected chi connectivity index (χ1v) is 8.29. The molecule has 3 aromatic rings. The van der Waals surface area contributed by atoms with Crippen LogP contribution in [0, 0.1) is 0 Å². The number of nitrogens with one attached hydrogen (secondary N) is 1. The highest BCUT2D eigenvalue weighted by Crippen LogP contribution is 2.16. The molecule has 0 bridgehead atoms. The number of hydrogen-bond acceptors (Lipinski definition) is 6. The van der Waals surface area contributed by atoms with Gasteiger partial charge in [-0.15, -0.1) is 11.3 Å². The molecule has 118 valence electrons. The summed E-state index contributed by atoms with van der Waals surface area (Å²) in [6.45, 7) is -0.323. The van der Waals surface area contributed by atoms with Gasteiger partial charge in [0.15, 0.2) is 6.61 Å². The van der Waals surface area contributed by atoms with E-state index in [0.29, 0.717) is 21.8 Å². The van der Waals surface area contributed by atoms with Crippen LogP contribution in [0.3, 0.4) is 0 Å². The summed E-state index contributed by atoms with van der Waals surface area (Å²) in [6.07, 6.45) is 0. The van der Waals surface area contributed by atoms with E-state index in [4.69, 9.17) is 9.47 Å². The first-order valence-electron chi connectivity index (χ1n) is 6.62. The molecular weight excluding hydrogens is 384 g/mol. The zero-order valence-corrected chi connectivity index (χ0v) is 14.1. The van der Waals surface area contributed by atoms with Gasteiger partial charge in [0, 0.05) is 4.47 Å². The molecular formula is C15H11BrN2O4S. The number of esters is 1. The lowest BCUT2D eigenvalue weighted by atomic mass is 10.3. The van der Waals surface area contributed by atoms with Gasteiger partial charge in [0.2, 0.25) is 0 Å². The number of carbonyl (C=O) groups excluding carboxylic acids is 1. The minimum atomic E-state index is -0.541. The lowest BCUT2D eigenvalue weighted by molar-refractivity contribution is -0.147. The van der Waals surface area contributed by atoms with Crippen molar-refractivity contribution < 1.29 is 14.3 Å². The number of aromatic nitrogens is 2. The molecule has 1 N–H and O–H groups in total. The van der Waals surface area contributed by atoms with Crippen molar-refractivity contribution >= 4 is 43.5 Å². The van der Waals surface area contributed by atoms with Crippen molar-refractivity contribution in [3.63, 3.8) is 0 Å². The molecule has 1 aromatic carbocycles. The molecule has 0 atom stereocenters. The van der Waals surface area contributed by atoms with Crippen molar-refractivity contribution in [2.24, 2.45) is 0 Å². The highest BCUT2D eigenvalue weighted by molar-refractivity contribution is 9.10. The second-order valence-corrected chi connectivity index (χ2v) is 6.38. The molecule has 0 aliphatic carbocycles. The third-order valence-electron chi connectivity index (χ3n) is 2.90. The number of hydrogen-bond donors (Lipinski definition) is 1. The van der Waals surface area contributed by atoms with Gasteiger partial charge in [0.25, 0.3) is 5.56 Å². The molecule has 0 saturated heterocycles. The fourth-order valence-corrected chi connectivity index (χ4v) is 2.84. The molecule has 2 heterocycles. The average molecular weight is 395 g/mol. The Morgan fingerprint density at radius 3 is 2.83 bits per heavy atom. The first-order chi connectivity index (χ1) is 11.1. The van der Waals surface area contributed by atoms with Crippen LogP contribution in [0.25, 0.3) is 10.2 Å². The molecule has 0 aliphatic rings. The minimum absolute atomic E-state index is 0.108. The molecule has 0 unspecified atom stereocenters. The number of halogens is 1. The van der Waals surface area contributed by atoms with E-state index >= 15 is 0 Å². The summed E-state index contributed by atoms with van der Waals surface area (Å²) in [5, 5.41) is 1.79. The number of benzene rings is 1. The minimum Gasteiger partial charge on any atom is -0.482 e. The van der Waals surface area contributed by atoms with Gasteiger partial charge >= 0.3 is 5.97 Å². The summed E-state index contributed by atoms with van der Waals surface area (Å²) >= 11 is 4.63. The lowest BCUT2D eigenvalue weighted by Gasteiger charge is -2.07. The smallest absolute Gasteiger partial charge is 0.344 e. The summed E-state index contributed by atoms with van der Waals surface area (Å²) in [5.74, 6) is 0.329. The molecule has 2 aromatic heterocycles. The SMILES string of the molecule is O=C(COc1ccc(Br)cc1)OCc1nc2ccsc2c(=O)[nH]1. The summed E-state index contributed by atoms with van der Waals surface area (Å²) in [4.78, 5) is 30.3. The standard InChI is InChI=1S/C15H11BrN2O4S/c16-9-1-3-10(4-2-9)21-8-13(19)22-7-12-17-11-5-6-23-14(11)15(20)18-12/h1-6H,7-8H2,(H,17,18,20). The maximum Gasteiger partial charge on any atom is 0.344 e. The average Bonchev–Trinajstić information content (AvgIpc) is 3.01. The van der Waals surface area contributed by atoms with E-state index in [9.17, 15) is 9.59 Å². The van der Waals surface area contributed by atoms with Crippen molar-refractivity contribution in [3.05, 3.63) is 56.4 Å². The number of thiophene rings is 1. The van der Waals surface area contributed by atoms with E-state index in [0.717, 1.165) is 4.47 Å². The van der Waals surface area contributed by atoms with Gasteiger partial charge in [-0.2, -0.15) is 0 Å². The molecule has 8 heteroatoms. The van der Waals surface area contributed by atoms with Crippen LogP contribution in [0.4, 0.5) is 0 Å². The van der Waals surface area contributed by atoms with Crippen LogP contribution < -0.4 is 10.3 Å². The van der Waals surface area contributed by atoms with Crippen LogP contribution in [-0.4, -0.2) is 22.5 Å². The quantitative estimate of drug-likeness (QED) is 0.672. The van der Waals surface area contributed by atoms with E-state index in [2.05, 4.69) is 25.9 Å². The highest BCUT2D eigenvalue weighted by atomic mass is 79.9. The Bertz CT molecular complexity index is 888. The number of ether oxygens (including phenoxy) is 2. The summed E-state index contributed by atoms with van der Waals surface area (Å²) < 4.78 is 11.8. The van der Waals surface area contributed by atoms with Crippen molar-refractivity contribution in [2.75, 3.05) is 6.61 Å². The molecule has 6 nitrogen and oxygen atoms in total. The molecule has 0 aliphatic heterocycles. The van der Waals surface area contributed by atoms with Gasteiger partial charge < -0.3 is 14.5 Å². The van der Waals surface area contributed by atoms with E-state index in [-0.39, 0.29) is 18.8 Å². The van der Waals surface area contributed by atoms with E-state index < -0.39 is 5.97 Å². The number of rotatable bonds is 5. The zero-order valence-electron chi connectivity index (χ0n) is 11.7. The Kier molecular flexibility index (Phi) is 4.73. The van der Waals surface area contributed by atoms with Crippen LogP contribution in [0.1, 0.15) is 5.82 Å². The molecule has 0 fully saturated rings. The fourth-order valence-electron chi connectivity index (χ4n) is 1.85. The third-order valence-corrected chi connectivity index (χ3v) is 4.34. The zero-order chi connectivity index (χ0) is 16.2. The van der Waals surface area contributed by atoms with Gasteiger partial charge in [-0.25, -0.2) is 9.78 Å². The van der Waals surface area contributed by atoms with Gasteiger partial charge in [0.05, 0.1) is 5.52 Å². The monoisotopic (exact) mass is 394 g/mol. The van der Waals surface area contributed by atoms with Gasteiger partial charge in [-0.05, 0) is 35.7 Å². The molecule has 3 rings (SSSR count). The van der Waals surface area contributed by atoms with Crippen molar-refractivity contribution in [2.45, 2.75) is 6.61 Å². The van der Waals surface area contributed by atoms with Crippen LogP contribution in [-0.2, 0) is 16.1 Å². The van der Waals surface area contributed by atoms with Crippen LogP contribution in [0.2, 0.25) is 0 Å².